The van der Waals surface area contributed by atoms with Crippen LogP contribution in [-0.4, -0.2) is 15.0 Å². The Labute approximate surface area is 350 Å². The summed E-state index contributed by atoms with van der Waals surface area (Å²) < 4.78 is 9.12. The molecule has 8 aromatic carbocycles. The van der Waals surface area contributed by atoms with Crippen molar-refractivity contribution in [1.82, 2.24) is 15.0 Å². The zero-order valence-electron chi connectivity index (χ0n) is 32.5. The third-order valence-electron chi connectivity index (χ3n) is 11.8. The van der Waals surface area contributed by atoms with E-state index < -0.39 is 0 Å². The molecule has 282 valence electrons. The van der Waals surface area contributed by atoms with Gasteiger partial charge in [-0.25, -0.2) is 15.0 Å². The van der Waals surface area contributed by atoms with Crippen molar-refractivity contribution < 1.29 is 4.42 Å². The molecule has 0 aliphatic heterocycles. The molecule has 3 heterocycles. The molecular formula is C55H35N3OS. The van der Waals surface area contributed by atoms with Gasteiger partial charge < -0.3 is 4.42 Å². The first-order valence-corrected chi connectivity index (χ1v) is 21.2. The maximum Gasteiger partial charge on any atom is 0.164 e. The maximum atomic E-state index is 6.50. The summed E-state index contributed by atoms with van der Waals surface area (Å²) in [6, 6.07) is 62.4. The third kappa shape index (κ3) is 6.02. The number of hydrogen-bond donors (Lipinski definition) is 0. The summed E-state index contributed by atoms with van der Waals surface area (Å²) in [4.78, 5) is 15.3. The molecule has 0 fully saturated rings. The molecule has 11 aromatic rings. The molecule has 4 nitrogen and oxygen atoms in total. The minimum Gasteiger partial charge on any atom is -0.456 e. The van der Waals surface area contributed by atoms with E-state index in [1.807, 2.05) is 29.5 Å². The predicted molar refractivity (Wildman–Crippen MR) is 251 cm³/mol. The van der Waals surface area contributed by atoms with Gasteiger partial charge in [-0.1, -0.05) is 133 Å². The average Bonchev–Trinajstić information content (AvgIpc) is 3.89. The topological polar surface area (TPSA) is 51.8 Å². The number of furan rings is 1. The van der Waals surface area contributed by atoms with Crippen LogP contribution < -0.4 is 0 Å². The Morgan fingerprint density at radius 1 is 0.433 bits per heavy atom. The zero-order valence-corrected chi connectivity index (χ0v) is 33.3. The van der Waals surface area contributed by atoms with Crippen LogP contribution in [0.25, 0.3) is 109 Å². The number of aromatic nitrogens is 3. The van der Waals surface area contributed by atoms with Gasteiger partial charge in [0.25, 0.3) is 0 Å². The summed E-state index contributed by atoms with van der Waals surface area (Å²) in [5.41, 5.74) is 11.8. The standard InChI is InChI=1S/C55H35N3OS/c1-3-11-34(12-4-1)37-15-9-16-41(29-37)54-56-53(36-13-5-2-6-14-36)57-55(58-54)42-24-22-35-21-23-40(30-43(35)31-42)44-18-10-19-49-52(44)47-33-38(25-27-48(47)59-49)39-26-28-51-46(32-39)45-17-7-8-20-50(45)60-51/h1-8,10-15,17-33H,9,16H2. The van der Waals surface area contributed by atoms with Crippen LogP contribution in [-0.2, 0) is 0 Å². The number of nitrogens with zero attached hydrogens (tertiary/aromatic N) is 3. The van der Waals surface area contributed by atoms with Gasteiger partial charge in [0.2, 0.25) is 0 Å². The smallest absolute Gasteiger partial charge is 0.164 e. The van der Waals surface area contributed by atoms with Gasteiger partial charge in [-0.05, 0) is 117 Å². The lowest BCUT2D eigenvalue weighted by Crippen LogP contribution is -2.04. The van der Waals surface area contributed by atoms with E-state index in [0.29, 0.717) is 11.6 Å². The van der Waals surface area contributed by atoms with Crippen LogP contribution in [0.4, 0.5) is 0 Å². The van der Waals surface area contributed by atoms with Crippen molar-refractivity contribution in [2.24, 2.45) is 0 Å². The average molecular weight is 786 g/mol. The Kier molecular flexibility index (Phi) is 8.13. The zero-order chi connectivity index (χ0) is 39.6. The highest BCUT2D eigenvalue weighted by Crippen LogP contribution is 2.41. The lowest BCUT2D eigenvalue weighted by Gasteiger charge is -2.15. The van der Waals surface area contributed by atoms with E-state index in [2.05, 4.69) is 170 Å². The van der Waals surface area contributed by atoms with Gasteiger partial charge in [0.1, 0.15) is 11.2 Å². The van der Waals surface area contributed by atoms with Gasteiger partial charge in [-0.2, -0.15) is 0 Å². The lowest BCUT2D eigenvalue weighted by atomic mass is 9.94. The summed E-state index contributed by atoms with van der Waals surface area (Å²) in [6.07, 6.45) is 6.34. The van der Waals surface area contributed by atoms with Crippen LogP contribution in [0.15, 0.2) is 192 Å². The van der Waals surface area contributed by atoms with Gasteiger partial charge in [0, 0.05) is 42.1 Å². The number of hydrogen-bond acceptors (Lipinski definition) is 5. The summed E-state index contributed by atoms with van der Waals surface area (Å²) in [5, 5.41) is 7.09. The lowest BCUT2D eigenvalue weighted by molar-refractivity contribution is 0.669. The van der Waals surface area contributed by atoms with E-state index in [1.54, 1.807) is 0 Å². The van der Waals surface area contributed by atoms with Crippen molar-refractivity contribution >= 4 is 75.4 Å². The van der Waals surface area contributed by atoms with E-state index in [0.717, 1.165) is 79.2 Å². The van der Waals surface area contributed by atoms with Crippen molar-refractivity contribution in [3.8, 4) is 45.0 Å². The number of thiophene rings is 1. The summed E-state index contributed by atoms with van der Waals surface area (Å²) in [5.74, 6) is 2.05. The summed E-state index contributed by atoms with van der Waals surface area (Å²) >= 11 is 1.85. The first-order valence-electron chi connectivity index (χ1n) is 20.4. The van der Waals surface area contributed by atoms with E-state index in [9.17, 15) is 0 Å². The van der Waals surface area contributed by atoms with Crippen molar-refractivity contribution in [2.75, 3.05) is 0 Å². The molecular weight excluding hydrogens is 751 g/mol. The van der Waals surface area contributed by atoms with Crippen LogP contribution in [0, 0.1) is 0 Å². The quantitative estimate of drug-likeness (QED) is 0.168. The molecule has 3 aromatic heterocycles. The van der Waals surface area contributed by atoms with Gasteiger partial charge in [0.15, 0.2) is 17.5 Å². The minimum absolute atomic E-state index is 0.659. The monoisotopic (exact) mass is 785 g/mol. The molecule has 1 aliphatic carbocycles. The molecule has 0 saturated carbocycles. The predicted octanol–water partition coefficient (Wildman–Crippen LogP) is 15.2. The van der Waals surface area contributed by atoms with Gasteiger partial charge in [-0.15, -0.1) is 11.3 Å². The van der Waals surface area contributed by atoms with Crippen molar-refractivity contribution in [3.63, 3.8) is 0 Å². The Morgan fingerprint density at radius 3 is 1.95 bits per heavy atom. The molecule has 0 saturated heterocycles. The normalized spacial score (nSPS) is 13.1. The molecule has 5 heteroatoms. The highest BCUT2D eigenvalue weighted by Gasteiger charge is 2.18. The van der Waals surface area contributed by atoms with Crippen LogP contribution in [0.1, 0.15) is 24.2 Å². The fourth-order valence-electron chi connectivity index (χ4n) is 8.78. The molecule has 60 heavy (non-hydrogen) atoms. The van der Waals surface area contributed by atoms with Crippen LogP contribution in [0.5, 0.6) is 0 Å². The maximum absolute atomic E-state index is 6.50. The summed E-state index contributed by atoms with van der Waals surface area (Å²) in [6.45, 7) is 0. The molecule has 12 rings (SSSR count). The molecule has 0 spiro atoms. The Hall–Kier alpha value is -7.47. The molecule has 0 atom stereocenters. The molecule has 1 aliphatic rings. The third-order valence-corrected chi connectivity index (χ3v) is 12.9. The number of fused-ring (bicyclic) bond motifs is 7. The van der Waals surface area contributed by atoms with Gasteiger partial charge in [-0.3, -0.25) is 0 Å². The minimum atomic E-state index is 0.659. The highest BCUT2D eigenvalue weighted by molar-refractivity contribution is 7.25. The molecule has 0 N–H and O–H groups in total. The number of allylic oxidation sites excluding steroid dienone is 4. The second-order valence-electron chi connectivity index (χ2n) is 15.5. The second-order valence-corrected chi connectivity index (χ2v) is 16.6. The second kappa shape index (κ2) is 14.1. The molecule has 0 amide bonds. The van der Waals surface area contributed by atoms with Crippen LogP contribution in [0.3, 0.4) is 0 Å². The molecule has 0 unspecified atom stereocenters. The van der Waals surface area contributed by atoms with E-state index in [1.165, 1.54) is 42.4 Å². The van der Waals surface area contributed by atoms with E-state index in [-0.39, 0.29) is 0 Å². The van der Waals surface area contributed by atoms with Crippen molar-refractivity contribution in [3.05, 3.63) is 199 Å². The first-order chi connectivity index (χ1) is 29.7. The van der Waals surface area contributed by atoms with Crippen LogP contribution >= 0.6 is 11.3 Å². The van der Waals surface area contributed by atoms with E-state index in [4.69, 9.17) is 19.4 Å². The van der Waals surface area contributed by atoms with E-state index >= 15 is 0 Å². The fraction of sp³-hybridized carbons (Fsp3) is 0.0364. The van der Waals surface area contributed by atoms with Crippen LogP contribution in [0.2, 0.25) is 0 Å². The summed E-state index contributed by atoms with van der Waals surface area (Å²) in [7, 11) is 0. The SMILES string of the molecule is C1=C(c2ccccc2)C=C(c2nc(-c3ccccc3)nc(-c3ccc4ccc(-c5cccc6oc7ccc(-c8ccc9sc%10ccccc%10c9c8)cc7c56)cc4c3)n2)CC1. The Morgan fingerprint density at radius 2 is 1.10 bits per heavy atom. The van der Waals surface area contributed by atoms with Crippen molar-refractivity contribution in [1.29, 1.82) is 0 Å². The van der Waals surface area contributed by atoms with Gasteiger partial charge >= 0.3 is 0 Å². The Balaban J connectivity index is 0.958. The Bertz CT molecular complexity index is 3540. The van der Waals surface area contributed by atoms with Crippen molar-refractivity contribution in [2.45, 2.75) is 12.8 Å². The number of benzene rings is 8. The molecule has 0 bridgehead atoms. The molecule has 0 radical (unpaired) electrons. The fourth-order valence-corrected chi connectivity index (χ4v) is 9.87. The first kappa shape index (κ1) is 34.6. The highest BCUT2D eigenvalue weighted by atomic mass is 32.1. The largest absolute Gasteiger partial charge is 0.456 e. The van der Waals surface area contributed by atoms with Gasteiger partial charge in [0.05, 0.1) is 0 Å². The number of rotatable bonds is 6.